The van der Waals surface area contributed by atoms with Crippen molar-refractivity contribution in [2.45, 2.75) is 5.75 Å². The molecule has 4 heteroatoms. The van der Waals surface area contributed by atoms with Crippen LogP contribution in [0.3, 0.4) is 0 Å². The molecule has 0 aliphatic heterocycles. The molecule has 1 rings (SSSR count). The minimum absolute atomic E-state index is 0.171. The van der Waals surface area contributed by atoms with E-state index in [1.165, 1.54) is 5.56 Å². The highest BCUT2D eigenvalue weighted by atomic mass is 32.2. The minimum atomic E-state index is 0.171. The summed E-state index contributed by atoms with van der Waals surface area (Å²) < 4.78 is 3.03. The van der Waals surface area contributed by atoms with Crippen LogP contribution in [0, 0.1) is 0 Å². The van der Waals surface area contributed by atoms with E-state index in [1.807, 2.05) is 24.3 Å². The number of hydrogen-bond donors (Lipinski definition) is 3. The van der Waals surface area contributed by atoms with E-state index in [0.29, 0.717) is 6.54 Å². The molecule has 0 radical (unpaired) electrons. The number of hydrogen-bond acceptors (Lipinski definition) is 4. The second-order valence-corrected chi connectivity index (χ2v) is 3.52. The largest absolute Gasteiger partial charge is 0.399 e. The molecule has 4 N–H and O–H groups in total. The van der Waals surface area contributed by atoms with Crippen LogP contribution in [0.25, 0.3) is 0 Å². The molecule has 0 amide bonds. The highest BCUT2D eigenvalue weighted by Crippen LogP contribution is 2.11. The fourth-order valence-corrected chi connectivity index (χ4v) is 1.62. The second kappa shape index (κ2) is 5.85. The van der Waals surface area contributed by atoms with E-state index >= 15 is 0 Å². The summed E-state index contributed by atoms with van der Waals surface area (Å²) >= 11 is 1.57. The van der Waals surface area contributed by atoms with Gasteiger partial charge in [0.05, 0.1) is 6.61 Å². The van der Waals surface area contributed by atoms with Crippen molar-refractivity contribution in [2.75, 3.05) is 18.9 Å². The molecule has 3 nitrogen and oxygen atoms in total. The highest BCUT2D eigenvalue weighted by Gasteiger charge is 1.93. The van der Waals surface area contributed by atoms with Gasteiger partial charge >= 0.3 is 0 Å². The minimum Gasteiger partial charge on any atom is -0.399 e. The van der Waals surface area contributed by atoms with Crippen molar-refractivity contribution in [1.29, 1.82) is 0 Å². The topological polar surface area (TPSA) is 58.3 Å². The van der Waals surface area contributed by atoms with E-state index < -0.39 is 0 Å². The van der Waals surface area contributed by atoms with E-state index in [-0.39, 0.29) is 6.61 Å². The number of rotatable bonds is 5. The Hall–Kier alpha value is -0.710. The molecule has 0 heterocycles. The lowest BCUT2D eigenvalue weighted by Gasteiger charge is -2.02. The van der Waals surface area contributed by atoms with E-state index in [2.05, 4.69) is 4.72 Å². The highest BCUT2D eigenvalue weighted by molar-refractivity contribution is 7.96. The van der Waals surface area contributed by atoms with Crippen LogP contribution < -0.4 is 10.5 Å². The Balaban J connectivity index is 2.28. The van der Waals surface area contributed by atoms with Gasteiger partial charge in [-0.3, -0.25) is 4.72 Å². The van der Waals surface area contributed by atoms with Crippen LogP contribution in [0.5, 0.6) is 0 Å². The quantitative estimate of drug-likeness (QED) is 0.375. The molecule has 0 saturated carbocycles. The first-order valence-corrected chi connectivity index (χ1v) is 5.11. The summed E-state index contributed by atoms with van der Waals surface area (Å²) in [4.78, 5) is 0. The predicted octanol–water partition coefficient (Wildman–Crippen LogP) is 0.999. The van der Waals surface area contributed by atoms with Gasteiger partial charge in [0.1, 0.15) is 0 Å². The number of nitrogens with two attached hydrogens (primary N) is 1. The zero-order valence-corrected chi connectivity index (χ0v) is 8.18. The lowest BCUT2D eigenvalue weighted by molar-refractivity contribution is 0.302. The Bertz CT molecular complexity index is 255. The molecule has 0 atom stereocenters. The van der Waals surface area contributed by atoms with Gasteiger partial charge in [0.2, 0.25) is 0 Å². The second-order valence-electron chi connectivity index (χ2n) is 2.65. The van der Waals surface area contributed by atoms with Crippen molar-refractivity contribution >= 4 is 17.6 Å². The molecule has 13 heavy (non-hydrogen) atoms. The lowest BCUT2D eigenvalue weighted by Crippen LogP contribution is -2.09. The molecule has 0 saturated heterocycles. The number of nitrogens with one attached hydrogen (secondary N) is 1. The van der Waals surface area contributed by atoms with Crippen LogP contribution in [-0.2, 0) is 5.75 Å². The van der Waals surface area contributed by atoms with E-state index in [4.69, 9.17) is 10.8 Å². The number of aliphatic hydroxyl groups is 1. The standard InChI is InChI=1S/C9H14N2OS/c10-9-3-1-2-8(6-9)7-13-11-4-5-12/h1-3,6,11-12H,4-5,7,10H2. The van der Waals surface area contributed by atoms with Crippen molar-refractivity contribution in [2.24, 2.45) is 0 Å². The van der Waals surface area contributed by atoms with Crippen LogP contribution in [0.1, 0.15) is 5.56 Å². The van der Waals surface area contributed by atoms with Gasteiger partial charge in [-0.2, -0.15) is 0 Å². The molecule has 1 aromatic carbocycles. The normalized spacial score (nSPS) is 10.2. The SMILES string of the molecule is Nc1cccc(CSNCCO)c1. The van der Waals surface area contributed by atoms with Crippen LogP contribution in [-0.4, -0.2) is 18.3 Å². The summed E-state index contributed by atoms with van der Waals surface area (Å²) in [5.41, 5.74) is 7.60. The Morgan fingerprint density at radius 3 is 3.00 bits per heavy atom. The molecule has 0 bridgehead atoms. The fraction of sp³-hybridized carbons (Fsp3) is 0.333. The molecule has 0 spiro atoms. The average Bonchev–Trinajstić information content (AvgIpc) is 2.13. The maximum Gasteiger partial charge on any atom is 0.0565 e. The Kier molecular flexibility index (Phi) is 4.67. The molecule has 0 aliphatic carbocycles. The predicted molar refractivity (Wildman–Crippen MR) is 57.2 cm³/mol. The molecule has 0 aromatic heterocycles. The number of aliphatic hydroxyl groups excluding tert-OH is 1. The van der Waals surface area contributed by atoms with Gasteiger partial charge in [0, 0.05) is 18.0 Å². The lowest BCUT2D eigenvalue weighted by atomic mass is 10.2. The van der Waals surface area contributed by atoms with Crippen molar-refractivity contribution in [3.63, 3.8) is 0 Å². The molecular formula is C9H14N2OS. The van der Waals surface area contributed by atoms with Gasteiger partial charge < -0.3 is 10.8 Å². The molecule has 0 unspecified atom stereocenters. The van der Waals surface area contributed by atoms with Gasteiger partial charge in [-0.05, 0) is 17.7 Å². The fourth-order valence-electron chi connectivity index (χ4n) is 0.935. The third-order valence-corrected chi connectivity index (χ3v) is 2.39. The summed E-state index contributed by atoms with van der Waals surface area (Å²) in [5.74, 6) is 0.866. The van der Waals surface area contributed by atoms with Crippen molar-refractivity contribution in [3.05, 3.63) is 29.8 Å². The molecule has 0 aliphatic rings. The van der Waals surface area contributed by atoms with Crippen LogP contribution in [0.15, 0.2) is 24.3 Å². The van der Waals surface area contributed by atoms with Gasteiger partial charge in [-0.15, -0.1) is 0 Å². The van der Waals surface area contributed by atoms with Gasteiger partial charge in [-0.1, -0.05) is 24.1 Å². The third-order valence-electron chi connectivity index (χ3n) is 1.51. The van der Waals surface area contributed by atoms with Gasteiger partial charge in [0.25, 0.3) is 0 Å². The Labute approximate surface area is 82.5 Å². The van der Waals surface area contributed by atoms with Crippen LogP contribution in [0.4, 0.5) is 5.69 Å². The first-order chi connectivity index (χ1) is 6.33. The van der Waals surface area contributed by atoms with Gasteiger partial charge in [-0.25, -0.2) is 0 Å². The molecule has 1 aromatic rings. The summed E-state index contributed by atoms with van der Waals surface area (Å²) in [6, 6.07) is 7.80. The zero-order valence-electron chi connectivity index (χ0n) is 7.36. The van der Waals surface area contributed by atoms with Gasteiger partial charge in [0.15, 0.2) is 0 Å². The maximum absolute atomic E-state index is 8.51. The number of benzene rings is 1. The average molecular weight is 198 g/mol. The number of anilines is 1. The van der Waals surface area contributed by atoms with Crippen LogP contribution in [0.2, 0.25) is 0 Å². The van der Waals surface area contributed by atoms with E-state index in [0.717, 1.165) is 11.4 Å². The van der Waals surface area contributed by atoms with Crippen LogP contribution >= 0.6 is 11.9 Å². The van der Waals surface area contributed by atoms with E-state index in [9.17, 15) is 0 Å². The molecule has 0 fully saturated rings. The molecule has 72 valence electrons. The summed E-state index contributed by atoms with van der Waals surface area (Å²) in [6.07, 6.45) is 0. The monoisotopic (exact) mass is 198 g/mol. The smallest absolute Gasteiger partial charge is 0.0565 e. The Morgan fingerprint density at radius 1 is 1.46 bits per heavy atom. The van der Waals surface area contributed by atoms with Crippen molar-refractivity contribution < 1.29 is 5.11 Å². The summed E-state index contributed by atoms with van der Waals surface area (Å²) in [6.45, 7) is 0.789. The van der Waals surface area contributed by atoms with Crippen molar-refractivity contribution in [3.8, 4) is 0 Å². The first-order valence-electron chi connectivity index (χ1n) is 4.13. The zero-order chi connectivity index (χ0) is 9.52. The van der Waals surface area contributed by atoms with E-state index in [1.54, 1.807) is 11.9 Å². The summed E-state index contributed by atoms with van der Waals surface area (Å²) in [5, 5.41) is 8.51. The third kappa shape index (κ3) is 4.17. The Morgan fingerprint density at radius 2 is 2.31 bits per heavy atom. The summed E-state index contributed by atoms with van der Waals surface area (Å²) in [7, 11) is 0. The number of nitrogen functional groups attached to an aromatic ring is 1. The molecular weight excluding hydrogens is 184 g/mol. The first kappa shape index (κ1) is 10.4. The maximum atomic E-state index is 8.51. The van der Waals surface area contributed by atoms with Crippen molar-refractivity contribution in [1.82, 2.24) is 4.72 Å².